The van der Waals surface area contributed by atoms with Crippen LogP contribution in [0.3, 0.4) is 0 Å². The van der Waals surface area contributed by atoms with Crippen LogP contribution in [0.4, 0.5) is 10.1 Å². The molecule has 0 saturated carbocycles. The smallest absolute Gasteiger partial charge is 0.245 e. The number of hydrogen-bond donors (Lipinski definition) is 1. The van der Waals surface area contributed by atoms with Crippen LogP contribution in [0.1, 0.15) is 13.3 Å². The number of benzene rings is 1. The lowest BCUT2D eigenvalue weighted by atomic mass is 10.0. The Hall–Kier alpha value is -1.62. The van der Waals surface area contributed by atoms with Gasteiger partial charge in [-0.05, 0) is 37.6 Å². The Bertz CT molecular complexity index is 449. The van der Waals surface area contributed by atoms with Crippen molar-refractivity contribution in [3.05, 3.63) is 30.1 Å². The van der Waals surface area contributed by atoms with Crippen molar-refractivity contribution in [2.24, 2.45) is 0 Å². The van der Waals surface area contributed by atoms with Crippen molar-refractivity contribution in [1.82, 2.24) is 4.90 Å². The fourth-order valence-corrected chi connectivity index (χ4v) is 2.44. The molecule has 4 nitrogen and oxygen atoms in total. The maximum absolute atomic E-state index is 13.0. The van der Waals surface area contributed by atoms with Gasteiger partial charge in [0.25, 0.3) is 0 Å². The molecule has 1 N–H and O–H groups in total. The lowest BCUT2D eigenvalue weighted by Gasteiger charge is -2.44. The summed E-state index contributed by atoms with van der Waals surface area (Å²) in [6.45, 7) is 2.61. The van der Waals surface area contributed by atoms with E-state index in [0.717, 1.165) is 5.69 Å². The molecule has 1 saturated heterocycles. The second-order valence-corrected chi connectivity index (χ2v) is 4.96. The molecule has 1 amide bonds. The molecular formula is C14H19FN2O2. The van der Waals surface area contributed by atoms with E-state index in [0.29, 0.717) is 13.0 Å². The minimum atomic E-state index is -0.378. The van der Waals surface area contributed by atoms with E-state index in [1.807, 2.05) is 11.8 Å². The molecule has 0 bridgehead atoms. The topological polar surface area (TPSA) is 43.8 Å². The number of nitrogens with zero attached hydrogens (tertiary/aromatic N) is 2. The Balaban J connectivity index is 2.29. The Morgan fingerprint density at radius 2 is 2.00 bits per heavy atom. The van der Waals surface area contributed by atoms with E-state index in [-0.39, 0.29) is 30.4 Å². The molecule has 5 heteroatoms. The number of aliphatic hydroxyl groups excluding tert-OH is 1. The predicted octanol–water partition coefficient (Wildman–Crippen LogP) is 1.24. The number of carbonyl (C=O) groups is 1. The van der Waals surface area contributed by atoms with Gasteiger partial charge >= 0.3 is 0 Å². The Kier molecular flexibility index (Phi) is 4.04. The SMILES string of the molecule is CC1CN(c2ccc(F)cc2)C(CCO)C(=O)N1C. The van der Waals surface area contributed by atoms with Gasteiger partial charge in [-0.3, -0.25) is 4.79 Å². The first-order chi connectivity index (χ1) is 9.04. The number of anilines is 1. The standard InChI is InChI=1S/C14H19FN2O2/c1-10-9-17(12-5-3-11(15)4-6-12)13(7-8-18)14(19)16(10)2/h3-6,10,13,18H,7-9H2,1-2H3. The largest absolute Gasteiger partial charge is 0.396 e. The van der Waals surface area contributed by atoms with Gasteiger partial charge in [0.15, 0.2) is 0 Å². The second-order valence-electron chi connectivity index (χ2n) is 4.96. The van der Waals surface area contributed by atoms with Crippen LogP contribution in [0.15, 0.2) is 24.3 Å². The maximum Gasteiger partial charge on any atom is 0.245 e. The molecule has 2 rings (SSSR count). The predicted molar refractivity (Wildman–Crippen MR) is 71.5 cm³/mol. The van der Waals surface area contributed by atoms with E-state index in [4.69, 9.17) is 5.11 Å². The summed E-state index contributed by atoms with van der Waals surface area (Å²) >= 11 is 0. The van der Waals surface area contributed by atoms with E-state index < -0.39 is 0 Å². The average Bonchev–Trinajstić information content (AvgIpc) is 2.40. The summed E-state index contributed by atoms with van der Waals surface area (Å²) in [5.74, 6) is -0.298. The zero-order valence-electron chi connectivity index (χ0n) is 11.2. The van der Waals surface area contributed by atoms with Gasteiger partial charge in [-0.1, -0.05) is 0 Å². The minimum absolute atomic E-state index is 0.00266. The van der Waals surface area contributed by atoms with Gasteiger partial charge < -0.3 is 14.9 Å². The van der Waals surface area contributed by atoms with Crippen LogP contribution < -0.4 is 4.90 Å². The van der Waals surface area contributed by atoms with Crippen molar-refractivity contribution in [2.45, 2.75) is 25.4 Å². The van der Waals surface area contributed by atoms with E-state index >= 15 is 0 Å². The zero-order valence-corrected chi connectivity index (χ0v) is 11.2. The summed E-state index contributed by atoms with van der Waals surface area (Å²) in [6.07, 6.45) is 0.382. The van der Waals surface area contributed by atoms with E-state index in [1.165, 1.54) is 12.1 Å². The number of carbonyl (C=O) groups excluding carboxylic acids is 1. The van der Waals surface area contributed by atoms with Gasteiger partial charge in [-0.15, -0.1) is 0 Å². The first kappa shape index (κ1) is 13.8. The number of piperazine rings is 1. The van der Waals surface area contributed by atoms with Crippen molar-refractivity contribution >= 4 is 11.6 Å². The zero-order chi connectivity index (χ0) is 14.0. The lowest BCUT2D eigenvalue weighted by molar-refractivity contribution is -0.135. The Morgan fingerprint density at radius 1 is 1.37 bits per heavy atom. The second kappa shape index (κ2) is 5.57. The fraction of sp³-hybridized carbons (Fsp3) is 0.500. The summed E-state index contributed by atoms with van der Waals surface area (Å²) in [7, 11) is 1.78. The summed E-state index contributed by atoms with van der Waals surface area (Å²) in [4.78, 5) is 15.9. The lowest BCUT2D eigenvalue weighted by Crippen LogP contribution is -2.60. The number of rotatable bonds is 3. The fourth-order valence-electron chi connectivity index (χ4n) is 2.44. The Labute approximate surface area is 112 Å². The van der Waals surface area contributed by atoms with Crippen molar-refractivity contribution in [3.63, 3.8) is 0 Å². The number of aliphatic hydroxyl groups is 1. The van der Waals surface area contributed by atoms with Crippen LogP contribution in [-0.2, 0) is 4.79 Å². The molecule has 1 heterocycles. The number of hydrogen-bond acceptors (Lipinski definition) is 3. The molecule has 1 aliphatic rings. The normalized spacial score (nSPS) is 23.9. The minimum Gasteiger partial charge on any atom is -0.396 e. The average molecular weight is 266 g/mol. The molecule has 19 heavy (non-hydrogen) atoms. The van der Waals surface area contributed by atoms with E-state index in [2.05, 4.69) is 0 Å². The first-order valence-corrected chi connectivity index (χ1v) is 6.44. The van der Waals surface area contributed by atoms with Gasteiger partial charge in [0.1, 0.15) is 11.9 Å². The van der Waals surface area contributed by atoms with Crippen LogP contribution in [-0.4, -0.2) is 48.2 Å². The highest BCUT2D eigenvalue weighted by Crippen LogP contribution is 2.25. The third-order valence-electron chi connectivity index (χ3n) is 3.69. The van der Waals surface area contributed by atoms with Crippen LogP contribution in [0.25, 0.3) is 0 Å². The monoisotopic (exact) mass is 266 g/mol. The van der Waals surface area contributed by atoms with E-state index in [1.54, 1.807) is 24.1 Å². The van der Waals surface area contributed by atoms with Gasteiger partial charge in [-0.25, -0.2) is 4.39 Å². The first-order valence-electron chi connectivity index (χ1n) is 6.44. The number of amides is 1. The highest BCUT2D eigenvalue weighted by atomic mass is 19.1. The molecule has 2 atom stereocenters. The van der Waals surface area contributed by atoms with Gasteiger partial charge in [0, 0.05) is 31.9 Å². The summed E-state index contributed by atoms with van der Waals surface area (Å²) in [5, 5.41) is 9.14. The van der Waals surface area contributed by atoms with Crippen LogP contribution >= 0.6 is 0 Å². The summed E-state index contributed by atoms with van der Waals surface area (Å²) < 4.78 is 13.0. The molecule has 1 aromatic carbocycles. The van der Waals surface area contributed by atoms with Crippen LogP contribution in [0.2, 0.25) is 0 Å². The number of halogens is 1. The quantitative estimate of drug-likeness (QED) is 0.895. The van der Waals surface area contributed by atoms with Gasteiger partial charge in [-0.2, -0.15) is 0 Å². The molecule has 1 aromatic rings. The molecule has 0 radical (unpaired) electrons. The molecule has 0 aromatic heterocycles. The maximum atomic E-state index is 13.0. The molecule has 0 spiro atoms. The Morgan fingerprint density at radius 3 is 2.58 bits per heavy atom. The van der Waals surface area contributed by atoms with Gasteiger partial charge in [0.2, 0.25) is 5.91 Å². The molecule has 0 aliphatic carbocycles. The van der Waals surface area contributed by atoms with Crippen molar-refractivity contribution in [2.75, 3.05) is 25.1 Å². The van der Waals surface area contributed by atoms with E-state index in [9.17, 15) is 9.18 Å². The van der Waals surface area contributed by atoms with Crippen LogP contribution in [0.5, 0.6) is 0 Å². The van der Waals surface area contributed by atoms with Crippen LogP contribution in [0, 0.1) is 5.82 Å². The number of likely N-dealkylation sites (N-methyl/N-ethyl adjacent to an activating group) is 1. The van der Waals surface area contributed by atoms with Crippen molar-refractivity contribution < 1.29 is 14.3 Å². The highest BCUT2D eigenvalue weighted by molar-refractivity contribution is 5.86. The molecular weight excluding hydrogens is 247 g/mol. The third kappa shape index (κ3) is 2.71. The van der Waals surface area contributed by atoms with Crippen molar-refractivity contribution in [1.29, 1.82) is 0 Å². The summed E-state index contributed by atoms with van der Waals surface area (Å²) in [5.41, 5.74) is 0.813. The highest BCUT2D eigenvalue weighted by Gasteiger charge is 2.36. The molecule has 104 valence electrons. The molecule has 2 unspecified atom stereocenters. The molecule has 1 fully saturated rings. The third-order valence-corrected chi connectivity index (χ3v) is 3.69. The molecule has 1 aliphatic heterocycles. The van der Waals surface area contributed by atoms with Crippen molar-refractivity contribution in [3.8, 4) is 0 Å². The summed E-state index contributed by atoms with van der Waals surface area (Å²) in [6, 6.07) is 5.83. The van der Waals surface area contributed by atoms with Gasteiger partial charge in [0.05, 0.1) is 0 Å².